The summed E-state index contributed by atoms with van der Waals surface area (Å²) in [5, 5.41) is 6.76. The van der Waals surface area contributed by atoms with E-state index in [4.69, 9.17) is 4.74 Å². The first-order valence-corrected chi connectivity index (χ1v) is 9.60. The number of aromatic nitrogens is 2. The summed E-state index contributed by atoms with van der Waals surface area (Å²) in [6.07, 6.45) is 1.91. The van der Waals surface area contributed by atoms with Crippen LogP contribution in [0.15, 0.2) is 65.8 Å². The molecular formula is C23H24N4O. The van der Waals surface area contributed by atoms with E-state index in [0.29, 0.717) is 0 Å². The quantitative estimate of drug-likeness (QED) is 0.362. The molecule has 5 heteroatoms. The third kappa shape index (κ3) is 3.43. The molecule has 4 rings (SSSR count). The van der Waals surface area contributed by atoms with Crippen molar-refractivity contribution in [2.24, 2.45) is 5.10 Å². The Kier molecular flexibility index (Phi) is 4.98. The van der Waals surface area contributed by atoms with Crippen LogP contribution in [0.3, 0.4) is 0 Å². The minimum Gasteiger partial charge on any atom is -0.490 e. The number of para-hydroxylation sites is 2. The van der Waals surface area contributed by atoms with E-state index < -0.39 is 0 Å². The summed E-state index contributed by atoms with van der Waals surface area (Å²) in [5.74, 6) is 1.55. The van der Waals surface area contributed by atoms with Gasteiger partial charge in [-0.15, -0.1) is 0 Å². The largest absolute Gasteiger partial charge is 0.490 e. The van der Waals surface area contributed by atoms with Gasteiger partial charge in [0.25, 0.3) is 0 Å². The highest BCUT2D eigenvalue weighted by atomic mass is 16.5. The van der Waals surface area contributed by atoms with E-state index in [0.717, 1.165) is 45.6 Å². The molecule has 0 saturated heterocycles. The number of nitrogens with zero attached hydrogens (tertiary/aromatic N) is 3. The second kappa shape index (κ2) is 7.72. The Hall–Kier alpha value is -3.34. The molecule has 0 aliphatic rings. The number of aryl methyl sites for hydroxylation is 1. The Bertz CT molecular complexity index is 1140. The number of nitrogens with one attached hydrogen (secondary N) is 1. The number of ether oxygens (including phenoxy) is 1. The lowest BCUT2D eigenvalue weighted by molar-refractivity contribution is 0.242. The van der Waals surface area contributed by atoms with E-state index >= 15 is 0 Å². The number of fused-ring (bicyclic) bond motifs is 2. The molecule has 0 saturated carbocycles. The van der Waals surface area contributed by atoms with E-state index in [1.54, 1.807) is 0 Å². The van der Waals surface area contributed by atoms with E-state index in [-0.39, 0.29) is 6.10 Å². The van der Waals surface area contributed by atoms with E-state index in [9.17, 15) is 0 Å². The monoisotopic (exact) mass is 372 g/mol. The number of rotatable bonds is 6. The van der Waals surface area contributed by atoms with Gasteiger partial charge in [-0.3, -0.25) is 0 Å². The van der Waals surface area contributed by atoms with Crippen LogP contribution in [0.5, 0.6) is 5.75 Å². The second-order valence-electron chi connectivity index (χ2n) is 6.90. The third-order valence-corrected chi connectivity index (χ3v) is 4.62. The zero-order valence-corrected chi connectivity index (χ0v) is 16.4. The SMILES string of the molecule is CCn1c(N/N=C\c2c(OC(C)C)ccc3ccccc23)nc2ccccc21. The molecule has 28 heavy (non-hydrogen) atoms. The molecule has 3 aromatic carbocycles. The number of imidazole rings is 1. The predicted octanol–water partition coefficient (Wildman–Crippen LogP) is 5.44. The maximum absolute atomic E-state index is 6.01. The number of hydrazone groups is 1. The van der Waals surface area contributed by atoms with Crippen LogP contribution in [0.4, 0.5) is 5.95 Å². The summed E-state index contributed by atoms with van der Waals surface area (Å²) < 4.78 is 8.12. The van der Waals surface area contributed by atoms with E-state index in [1.165, 1.54) is 0 Å². The van der Waals surface area contributed by atoms with Gasteiger partial charge in [0.1, 0.15) is 5.75 Å². The number of hydrogen-bond donors (Lipinski definition) is 1. The van der Waals surface area contributed by atoms with Gasteiger partial charge in [0.15, 0.2) is 0 Å². The van der Waals surface area contributed by atoms with Crippen LogP contribution in [-0.4, -0.2) is 21.9 Å². The Labute approximate surface area is 164 Å². The standard InChI is InChI=1S/C23H24N4O/c1-4-27-21-12-8-7-11-20(21)25-23(27)26-24-15-19-18-10-6-5-9-17(18)13-14-22(19)28-16(2)3/h5-16H,4H2,1-3H3,(H,25,26)/b24-15-. The fourth-order valence-electron chi connectivity index (χ4n) is 3.40. The van der Waals surface area contributed by atoms with Crippen LogP contribution >= 0.6 is 0 Å². The Balaban J connectivity index is 1.71. The van der Waals surface area contributed by atoms with Crippen molar-refractivity contribution in [2.75, 3.05) is 5.43 Å². The first-order chi connectivity index (χ1) is 13.7. The molecule has 4 aromatic rings. The van der Waals surface area contributed by atoms with Crippen LogP contribution < -0.4 is 10.2 Å². The molecular weight excluding hydrogens is 348 g/mol. The van der Waals surface area contributed by atoms with Crippen LogP contribution in [0.1, 0.15) is 26.3 Å². The average Bonchev–Trinajstić information content (AvgIpc) is 3.06. The van der Waals surface area contributed by atoms with E-state index in [1.807, 2.05) is 56.5 Å². The maximum Gasteiger partial charge on any atom is 0.224 e. The van der Waals surface area contributed by atoms with Crippen molar-refractivity contribution < 1.29 is 4.74 Å². The Morgan fingerprint density at radius 1 is 1.07 bits per heavy atom. The number of benzene rings is 3. The van der Waals surface area contributed by atoms with Gasteiger partial charge in [0.2, 0.25) is 5.95 Å². The summed E-state index contributed by atoms with van der Waals surface area (Å²) in [7, 11) is 0. The second-order valence-corrected chi connectivity index (χ2v) is 6.90. The number of hydrogen-bond acceptors (Lipinski definition) is 4. The molecule has 142 valence electrons. The molecule has 0 radical (unpaired) electrons. The van der Waals surface area contributed by atoms with Crippen LogP contribution in [0, 0.1) is 0 Å². The highest BCUT2D eigenvalue weighted by molar-refractivity contribution is 6.02. The average molecular weight is 372 g/mol. The third-order valence-electron chi connectivity index (χ3n) is 4.62. The molecule has 0 unspecified atom stereocenters. The molecule has 1 aromatic heterocycles. The van der Waals surface area contributed by atoms with Gasteiger partial charge in [-0.1, -0.05) is 42.5 Å². The fraction of sp³-hybridized carbons (Fsp3) is 0.217. The van der Waals surface area contributed by atoms with Crippen LogP contribution in [0.2, 0.25) is 0 Å². The molecule has 0 atom stereocenters. The summed E-state index contributed by atoms with van der Waals surface area (Å²) in [5.41, 5.74) is 6.12. The molecule has 0 bridgehead atoms. The molecule has 1 heterocycles. The molecule has 0 spiro atoms. The van der Waals surface area contributed by atoms with Gasteiger partial charge in [0, 0.05) is 12.1 Å². The van der Waals surface area contributed by atoms with Crippen molar-refractivity contribution in [1.29, 1.82) is 0 Å². The van der Waals surface area contributed by atoms with Gasteiger partial charge >= 0.3 is 0 Å². The minimum absolute atomic E-state index is 0.0885. The molecule has 0 aliphatic heterocycles. The number of anilines is 1. The smallest absolute Gasteiger partial charge is 0.224 e. The normalized spacial score (nSPS) is 11.7. The lowest BCUT2D eigenvalue weighted by Gasteiger charge is -2.14. The first-order valence-electron chi connectivity index (χ1n) is 9.60. The lowest BCUT2D eigenvalue weighted by Crippen LogP contribution is -2.08. The zero-order chi connectivity index (χ0) is 19.5. The molecule has 0 amide bonds. The van der Waals surface area contributed by atoms with Crippen molar-refractivity contribution in [3.05, 3.63) is 66.2 Å². The van der Waals surface area contributed by atoms with Gasteiger partial charge < -0.3 is 9.30 Å². The molecule has 5 nitrogen and oxygen atoms in total. The molecule has 0 fully saturated rings. The molecule has 1 N–H and O–H groups in total. The topological polar surface area (TPSA) is 51.4 Å². The van der Waals surface area contributed by atoms with Crippen molar-refractivity contribution in [3.63, 3.8) is 0 Å². The highest BCUT2D eigenvalue weighted by Crippen LogP contribution is 2.27. The molecule has 0 aliphatic carbocycles. The lowest BCUT2D eigenvalue weighted by atomic mass is 10.0. The maximum atomic E-state index is 6.01. The van der Waals surface area contributed by atoms with E-state index in [2.05, 4.69) is 51.3 Å². The summed E-state index contributed by atoms with van der Waals surface area (Å²) in [4.78, 5) is 4.65. The van der Waals surface area contributed by atoms with Crippen LogP contribution in [0.25, 0.3) is 21.8 Å². The van der Waals surface area contributed by atoms with Crippen LogP contribution in [-0.2, 0) is 6.54 Å². The Morgan fingerprint density at radius 3 is 2.68 bits per heavy atom. The first kappa shape index (κ1) is 18.0. The Morgan fingerprint density at radius 2 is 1.86 bits per heavy atom. The van der Waals surface area contributed by atoms with Crippen molar-refractivity contribution >= 4 is 34.0 Å². The minimum atomic E-state index is 0.0885. The fourth-order valence-corrected chi connectivity index (χ4v) is 3.40. The van der Waals surface area contributed by atoms with Gasteiger partial charge in [0.05, 0.1) is 23.4 Å². The van der Waals surface area contributed by atoms with Gasteiger partial charge in [-0.2, -0.15) is 5.10 Å². The van der Waals surface area contributed by atoms with Gasteiger partial charge in [-0.25, -0.2) is 10.4 Å². The summed E-state index contributed by atoms with van der Waals surface area (Å²) >= 11 is 0. The summed E-state index contributed by atoms with van der Waals surface area (Å²) in [6.45, 7) is 6.96. The summed E-state index contributed by atoms with van der Waals surface area (Å²) in [6, 6.07) is 20.4. The highest BCUT2D eigenvalue weighted by Gasteiger charge is 2.10. The van der Waals surface area contributed by atoms with Crippen molar-refractivity contribution in [2.45, 2.75) is 33.4 Å². The van der Waals surface area contributed by atoms with Gasteiger partial charge in [-0.05, 0) is 49.7 Å². The van der Waals surface area contributed by atoms with Crippen molar-refractivity contribution in [3.8, 4) is 5.75 Å². The zero-order valence-electron chi connectivity index (χ0n) is 16.4. The predicted molar refractivity (Wildman–Crippen MR) is 116 cm³/mol. The van der Waals surface area contributed by atoms with Crippen molar-refractivity contribution in [1.82, 2.24) is 9.55 Å².